The number of nitrogens with zero attached hydrogens (tertiary/aromatic N) is 1. The highest BCUT2D eigenvalue weighted by Gasteiger charge is 2.42. The van der Waals surface area contributed by atoms with Crippen molar-refractivity contribution in [2.75, 3.05) is 13.2 Å². The van der Waals surface area contributed by atoms with Crippen LogP contribution in [0.4, 0.5) is 0 Å². The summed E-state index contributed by atoms with van der Waals surface area (Å²) in [5, 5.41) is 37.3. The number of carbonyl (C=O) groups excluding carboxylic acids is 3. The highest BCUT2D eigenvalue weighted by atomic mass is 16.5. The molecule has 222 valence electrons. The van der Waals surface area contributed by atoms with Gasteiger partial charge in [0.25, 0.3) is 11.8 Å². The second-order valence-corrected chi connectivity index (χ2v) is 10.4. The van der Waals surface area contributed by atoms with E-state index in [1.54, 1.807) is 13.0 Å². The third kappa shape index (κ3) is 7.45. The minimum Gasteiger partial charge on any atom is -0.508 e. The van der Waals surface area contributed by atoms with Crippen molar-refractivity contribution in [3.63, 3.8) is 0 Å². The van der Waals surface area contributed by atoms with E-state index in [4.69, 9.17) is 4.74 Å². The molecule has 1 heterocycles. The summed E-state index contributed by atoms with van der Waals surface area (Å²) in [5.74, 6) is -1.19. The monoisotopic (exact) mass is 575 g/mol. The van der Waals surface area contributed by atoms with Crippen LogP contribution < -0.4 is 15.4 Å². The van der Waals surface area contributed by atoms with Gasteiger partial charge in [0, 0.05) is 30.6 Å². The van der Waals surface area contributed by atoms with Gasteiger partial charge in [-0.3, -0.25) is 14.4 Å². The maximum absolute atomic E-state index is 13.6. The largest absolute Gasteiger partial charge is 0.508 e. The topological polar surface area (TPSA) is 148 Å². The fraction of sp³-hybridized carbons (Fsp3) is 0.344. The van der Waals surface area contributed by atoms with Gasteiger partial charge in [0.1, 0.15) is 17.5 Å². The molecule has 3 aromatic rings. The van der Waals surface area contributed by atoms with Gasteiger partial charge < -0.3 is 35.6 Å². The zero-order chi connectivity index (χ0) is 30.2. The van der Waals surface area contributed by atoms with Gasteiger partial charge in [0.15, 0.2) is 6.10 Å². The number of carbonyl (C=O) groups is 3. The first kappa shape index (κ1) is 30.5. The molecular weight excluding hydrogens is 538 g/mol. The zero-order valence-electron chi connectivity index (χ0n) is 23.7. The van der Waals surface area contributed by atoms with Gasteiger partial charge in [-0.05, 0) is 55.7 Å². The van der Waals surface area contributed by atoms with Gasteiger partial charge in [-0.1, -0.05) is 48.5 Å². The molecule has 42 heavy (non-hydrogen) atoms. The Morgan fingerprint density at radius 1 is 1.02 bits per heavy atom. The van der Waals surface area contributed by atoms with E-state index < -0.39 is 42.0 Å². The van der Waals surface area contributed by atoms with E-state index in [0.29, 0.717) is 17.9 Å². The van der Waals surface area contributed by atoms with E-state index in [9.17, 15) is 29.7 Å². The van der Waals surface area contributed by atoms with Gasteiger partial charge in [0.2, 0.25) is 5.91 Å². The predicted molar refractivity (Wildman–Crippen MR) is 156 cm³/mol. The highest BCUT2D eigenvalue weighted by Crippen LogP contribution is 2.23. The normalized spacial score (nSPS) is 17.8. The van der Waals surface area contributed by atoms with E-state index in [1.807, 2.05) is 61.5 Å². The standard InChI is InChI=1S/C32H37N3O7/c1-3-42-24-12-7-11-22(15-24)18-33-31(40)27-17-23(36)19-35(27)32(41)29(38)26(16-21-9-5-4-6-10-21)34-30(39)25-13-8-14-28(37)20(25)2/h4-15,23,26-27,29,36-38H,3,16-19H2,1-2H3,(H,33,40)(H,34,39)/t23-,26+,27+,29+/m1/s1. The van der Waals surface area contributed by atoms with Gasteiger partial charge in [-0.2, -0.15) is 0 Å². The molecule has 0 saturated carbocycles. The Hall–Kier alpha value is -4.41. The number of hydrogen-bond acceptors (Lipinski definition) is 7. The number of β-amino-alcohol motifs (C(OH)–C–C–N with tert-alkyl or cyclic N) is 1. The summed E-state index contributed by atoms with van der Waals surface area (Å²) in [6.45, 7) is 4.04. The minimum absolute atomic E-state index is 0.0154. The van der Waals surface area contributed by atoms with E-state index in [0.717, 1.165) is 11.1 Å². The first-order chi connectivity index (χ1) is 20.2. The molecule has 10 nitrogen and oxygen atoms in total. The molecule has 4 rings (SSSR count). The zero-order valence-corrected chi connectivity index (χ0v) is 23.7. The number of aliphatic hydroxyl groups excluding tert-OH is 2. The van der Waals surface area contributed by atoms with Gasteiger partial charge in [-0.25, -0.2) is 0 Å². The van der Waals surface area contributed by atoms with Crippen molar-refractivity contribution >= 4 is 17.7 Å². The molecule has 0 bridgehead atoms. The van der Waals surface area contributed by atoms with Crippen LogP contribution in [0.2, 0.25) is 0 Å². The molecule has 0 aliphatic carbocycles. The fourth-order valence-corrected chi connectivity index (χ4v) is 5.09. The van der Waals surface area contributed by atoms with Crippen molar-refractivity contribution in [3.8, 4) is 11.5 Å². The maximum Gasteiger partial charge on any atom is 0.254 e. The summed E-state index contributed by atoms with van der Waals surface area (Å²) in [4.78, 5) is 41.2. The van der Waals surface area contributed by atoms with Crippen LogP contribution in [-0.2, 0) is 22.6 Å². The van der Waals surface area contributed by atoms with Crippen LogP contribution in [-0.4, -0.2) is 75.4 Å². The average Bonchev–Trinajstić information content (AvgIpc) is 3.38. The number of phenolic OH excluding ortho intramolecular Hbond substituents is 1. The van der Waals surface area contributed by atoms with E-state index in [-0.39, 0.29) is 37.2 Å². The van der Waals surface area contributed by atoms with Crippen molar-refractivity contribution in [2.45, 2.75) is 57.5 Å². The quantitative estimate of drug-likeness (QED) is 0.235. The summed E-state index contributed by atoms with van der Waals surface area (Å²) in [6, 6.07) is 18.8. The lowest BCUT2D eigenvalue weighted by Gasteiger charge is -2.30. The van der Waals surface area contributed by atoms with Crippen molar-refractivity contribution in [3.05, 3.63) is 95.1 Å². The molecule has 0 radical (unpaired) electrons. The summed E-state index contributed by atoms with van der Waals surface area (Å²) in [6.07, 6.45) is -2.52. The first-order valence-corrected chi connectivity index (χ1v) is 14.0. The average molecular weight is 576 g/mol. The van der Waals surface area contributed by atoms with Gasteiger partial charge in [-0.15, -0.1) is 0 Å². The molecule has 0 aromatic heterocycles. The van der Waals surface area contributed by atoms with Gasteiger partial charge in [0.05, 0.1) is 18.8 Å². The number of amides is 3. The Morgan fingerprint density at radius 3 is 2.48 bits per heavy atom. The van der Waals surface area contributed by atoms with Crippen LogP contribution in [0.5, 0.6) is 11.5 Å². The van der Waals surface area contributed by atoms with Crippen molar-refractivity contribution in [1.82, 2.24) is 15.5 Å². The maximum atomic E-state index is 13.6. The number of phenols is 1. The second-order valence-electron chi connectivity index (χ2n) is 10.4. The van der Waals surface area contributed by atoms with E-state index >= 15 is 0 Å². The Bertz CT molecular complexity index is 1400. The summed E-state index contributed by atoms with van der Waals surface area (Å²) in [7, 11) is 0. The summed E-state index contributed by atoms with van der Waals surface area (Å²) in [5.41, 5.74) is 2.14. The van der Waals surface area contributed by atoms with Gasteiger partial charge >= 0.3 is 0 Å². The smallest absolute Gasteiger partial charge is 0.254 e. The summed E-state index contributed by atoms with van der Waals surface area (Å²) < 4.78 is 5.51. The van der Waals surface area contributed by atoms with Crippen molar-refractivity contribution in [1.29, 1.82) is 0 Å². The molecule has 3 aromatic carbocycles. The lowest BCUT2D eigenvalue weighted by Crippen LogP contribution is -2.55. The molecule has 3 amide bonds. The molecule has 5 N–H and O–H groups in total. The van der Waals surface area contributed by atoms with Crippen LogP contribution in [0.3, 0.4) is 0 Å². The highest BCUT2D eigenvalue weighted by molar-refractivity contribution is 5.97. The lowest BCUT2D eigenvalue weighted by atomic mass is 9.98. The molecule has 0 unspecified atom stereocenters. The first-order valence-electron chi connectivity index (χ1n) is 14.0. The number of hydrogen-bond donors (Lipinski definition) is 5. The van der Waals surface area contributed by atoms with Crippen LogP contribution in [0.1, 0.15) is 40.4 Å². The number of rotatable bonds is 11. The molecule has 0 spiro atoms. The lowest BCUT2D eigenvalue weighted by molar-refractivity contribution is -0.146. The molecule has 1 aliphatic heterocycles. The van der Waals surface area contributed by atoms with E-state index in [2.05, 4.69) is 10.6 Å². The third-order valence-electron chi connectivity index (χ3n) is 7.34. The number of ether oxygens (including phenoxy) is 1. The van der Waals surface area contributed by atoms with Crippen LogP contribution in [0.15, 0.2) is 72.8 Å². The molecule has 1 saturated heterocycles. The molecular formula is C32H37N3O7. The van der Waals surface area contributed by atoms with Crippen molar-refractivity contribution in [2.24, 2.45) is 0 Å². The fourth-order valence-electron chi connectivity index (χ4n) is 5.09. The van der Waals surface area contributed by atoms with Crippen LogP contribution in [0, 0.1) is 6.92 Å². The second kappa shape index (κ2) is 14.0. The Balaban J connectivity index is 1.50. The summed E-state index contributed by atoms with van der Waals surface area (Å²) >= 11 is 0. The number of aliphatic hydroxyl groups is 2. The SMILES string of the molecule is CCOc1cccc(CNC(=O)[C@@H]2C[C@@H](O)CN2C(=O)[C@@H](O)[C@H](Cc2ccccc2)NC(=O)c2cccc(O)c2C)c1. The minimum atomic E-state index is -1.71. The van der Waals surface area contributed by atoms with E-state index in [1.165, 1.54) is 17.0 Å². The number of benzene rings is 3. The molecule has 1 fully saturated rings. The van der Waals surface area contributed by atoms with Crippen LogP contribution >= 0.6 is 0 Å². The number of nitrogens with one attached hydrogen (secondary N) is 2. The molecule has 10 heteroatoms. The Kier molecular flexibility index (Phi) is 10.2. The van der Waals surface area contributed by atoms with Crippen LogP contribution in [0.25, 0.3) is 0 Å². The molecule has 4 atom stereocenters. The number of aromatic hydroxyl groups is 1. The number of likely N-dealkylation sites (tertiary alicyclic amines) is 1. The molecule has 1 aliphatic rings. The Morgan fingerprint density at radius 2 is 1.74 bits per heavy atom. The predicted octanol–water partition coefficient (Wildman–Crippen LogP) is 2.08. The third-order valence-corrected chi connectivity index (χ3v) is 7.34. The van der Waals surface area contributed by atoms with Crippen molar-refractivity contribution < 1.29 is 34.4 Å². The Labute approximate surface area is 244 Å².